The summed E-state index contributed by atoms with van der Waals surface area (Å²) in [6.07, 6.45) is 1.86. The van der Waals surface area contributed by atoms with Crippen LogP contribution in [0.4, 0.5) is 0 Å². The van der Waals surface area contributed by atoms with Crippen LogP contribution in [0.5, 0.6) is 5.75 Å². The number of halogens is 1. The van der Waals surface area contributed by atoms with Crippen LogP contribution in [0.15, 0.2) is 61.9 Å². The minimum absolute atomic E-state index is 0.222. The predicted molar refractivity (Wildman–Crippen MR) is 160 cm³/mol. The molecule has 1 unspecified atom stereocenters. The molecule has 2 aromatic carbocycles. The summed E-state index contributed by atoms with van der Waals surface area (Å²) in [7, 11) is 0. The number of carbonyl (C=O) groups excluding carboxylic acids is 1. The number of allylic oxidation sites excluding steroid dienone is 1. The van der Waals surface area contributed by atoms with Gasteiger partial charge in [0, 0.05) is 15.6 Å². The molecule has 0 spiro atoms. The third kappa shape index (κ3) is 5.68. The standard InChI is InChI=1S/C31H35BrN2O4S/c1-9-38-28(37)24-17(2)33-29-34(25(24)19-10-12-20(32)13-11-19)27(36)23(39-29)16-18-14-21(30(3,4)5)26(35)22(15-18)31(6,7)8/h10-16,25,35H,9H2,1-8H3/b23-16+. The molecule has 39 heavy (non-hydrogen) atoms. The molecule has 3 aromatic rings. The fourth-order valence-electron chi connectivity index (χ4n) is 4.79. The summed E-state index contributed by atoms with van der Waals surface area (Å²) in [4.78, 5) is 32.3. The van der Waals surface area contributed by atoms with E-state index in [9.17, 15) is 14.7 Å². The first-order valence-corrected chi connectivity index (χ1v) is 14.6. The van der Waals surface area contributed by atoms with E-state index in [-0.39, 0.29) is 23.0 Å². The fraction of sp³-hybridized carbons (Fsp3) is 0.387. The zero-order valence-corrected chi connectivity index (χ0v) is 26.1. The average molecular weight is 612 g/mol. The van der Waals surface area contributed by atoms with E-state index < -0.39 is 12.0 Å². The summed E-state index contributed by atoms with van der Waals surface area (Å²) in [5.74, 6) is -0.192. The van der Waals surface area contributed by atoms with Gasteiger partial charge < -0.3 is 9.84 Å². The second-order valence-electron chi connectivity index (χ2n) is 11.8. The first-order valence-electron chi connectivity index (χ1n) is 13.0. The Morgan fingerprint density at radius 1 is 1.10 bits per heavy atom. The van der Waals surface area contributed by atoms with Gasteiger partial charge >= 0.3 is 5.97 Å². The van der Waals surface area contributed by atoms with Gasteiger partial charge in [0.1, 0.15) is 5.75 Å². The van der Waals surface area contributed by atoms with E-state index in [0.29, 0.717) is 26.4 Å². The van der Waals surface area contributed by atoms with E-state index >= 15 is 0 Å². The van der Waals surface area contributed by atoms with E-state index in [1.807, 2.05) is 42.5 Å². The molecular formula is C31H35BrN2O4S. The van der Waals surface area contributed by atoms with Crippen molar-refractivity contribution in [2.45, 2.75) is 72.3 Å². The Kier molecular flexibility index (Phi) is 7.85. The van der Waals surface area contributed by atoms with Crippen LogP contribution in [0.1, 0.15) is 83.7 Å². The lowest BCUT2D eigenvalue weighted by atomic mass is 9.78. The fourth-order valence-corrected chi connectivity index (χ4v) is 6.10. The number of esters is 1. The highest BCUT2D eigenvalue weighted by molar-refractivity contribution is 9.10. The van der Waals surface area contributed by atoms with Gasteiger partial charge in [0.25, 0.3) is 5.56 Å². The number of hydrogen-bond acceptors (Lipinski definition) is 6. The molecule has 4 rings (SSSR count). The molecule has 1 atom stereocenters. The minimum atomic E-state index is -0.661. The number of nitrogens with zero attached hydrogens (tertiary/aromatic N) is 2. The third-order valence-corrected chi connectivity index (χ3v) is 8.26. The molecule has 0 bridgehead atoms. The van der Waals surface area contributed by atoms with Crippen molar-refractivity contribution in [1.29, 1.82) is 0 Å². The molecule has 206 valence electrons. The normalized spacial score (nSPS) is 16.2. The average Bonchev–Trinajstić information content (AvgIpc) is 3.12. The highest BCUT2D eigenvalue weighted by Gasteiger charge is 2.33. The number of phenolic OH excluding ortho intramolecular Hbond substituents is 1. The number of phenols is 1. The molecule has 0 aliphatic carbocycles. The highest BCUT2D eigenvalue weighted by atomic mass is 79.9. The van der Waals surface area contributed by atoms with E-state index in [1.165, 1.54) is 11.3 Å². The summed E-state index contributed by atoms with van der Waals surface area (Å²) in [6, 6.07) is 10.8. The zero-order chi connectivity index (χ0) is 28.9. The maximum absolute atomic E-state index is 14.0. The maximum atomic E-state index is 14.0. The maximum Gasteiger partial charge on any atom is 0.338 e. The van der Waals surface area contributed by atoms with Crippen LogP contribution in [0.25, 0.3) is 6.08 Å². The summed E-state index contributed by atoms with van der Waals surface area (Å²) < 4.78 is 8.36. The molecule has 1 aromatic heterocycles. The van der Waals surface area contributed by atoms with Crippen LogP contribution in [-0.4, -0.2) is 22.2 Å². The van der Waals surface area contributed by atoms with Gasteiger partial charge in [-0.2, -0.15) is 0 Å². The minimum Gasteiger partial charge on any atom is -0.507 e. The molecule has 8 heteroatoms. The second kappa shape index (κ2) is 10.5. The molecule has 1 aliphatic heterocycles. The van der Waals surface area contributed by atoms with Crippen molar-refractivity contribution in [2.24, 2.45) is 4.99 Å². The highest BCUT2D eigenvalue weighted by Crippen LogP contribution is 2.40. The SMILES string of the molecule is CCOC(=O)C1=C(C)N=c2s/c(=C/c3cc(C(C)(C)C)c(O)c(C(C)(C)C)c3)c(=O)n2C1c1ccc(Br)cc1. The lowest BCUT2D eigenvalue weighted by Gasteiger charge is -2.27. The van der Waals surface area contributed by atoms with E-state index in [0.717, 1.165) is 26.7 Å². The zero-order valence-electron chi connectivity index (χ0n) is 23.7. The number of rotatable bonds is 4. The first kappa shape index (κ1) is 29.0. The van der Waals surface area contributed by atoms with Crippen LogP contribution in [0.2, 0.25) is 0 Å². The molecular weight excluding hydrogens is 576 g/mol. The van der Waals surface area contributed by atoms with Crippen molar-refractivity contribution in [3.63, 3.8) is 0 Å². The number of aromatic hydroxyl groups is 1. The summed E-state index contributed by atoms with van der Waals surface area (Å²) in [6.45, 7) is 16.1. The number of thiazole rings is 1. The van der Waals surface area contributed by atoms with Crippen molar-refractivity contribution >= 4 is 39.3 Å². The predicted octanol–water partition coefficient (Wildman–Crippen LogP) is 5.86. The Morgan fingerprint density at radius 3 is 2.18 bits per heavy atom. The summed E-state index contributed by atoms with van der Waals surface area (Å²) in [5, 5.41) is 11.1. The molecule has 2 heterocycles. The van der Waals surface area contributed by atoms with Crippen LogP contribution >= 0.6 is 27.3 Å². The van der Waals surface area contributed by atoms with Crippen molar-refractivity contribution in [2.75, 3.05) is 6.61 Å². The van der Waals surface area contributed by atoms with Gasteiger partial charge in [-0.25, -0.2) is 9.79 Å². The van der Waals surface area contributed by atoms with E-state index in [4.69, 9.17) is 4.74 Å². The molecule has 0 amide bonds. The van der Waals surface area contributed by atoms with Crippen LogP contribution in [0.3, 0.4) is 0 Å². The van der Waals surface area contributed by atoms with Crippen LogP contribution in [-0.2, 0) is 20.4 Å². The van der Waals surface area contributed by atoms with Crippen molar-refractivity contribution < 1.29 is 14.6 Å². The molecule has 0 saturated carbocycles. The van der Waals surface area contributed by atoms with Crippen molar-refractivity contribution in [1.82, 2.24) is 4.57 Å². The van der Waals surface area contributed by atoms with Gasteiger partial charge in [-0.15, -0.1) is 0 Å². The Hall–Kier alpha value is -2.97. The lowest BCUT2D eigenvalue weighted by Crippen LogP contribution is -2.39. The van der Waals surface area contributed by atoms with E-state index in [2.05, 4.69) is 62.5 Å². The number of ether oxygens (including phenoxy) is 1. The Morgan fingerprint density at radius 2 is 1.67 bits per heavy atom. The van der Waals surface area contributed by atoms with Crippen LogP contribution in [0, 0.1) is 0 Å². The second-order valence-corrected chi connectivity index (χ2v) is 13.7. The van der Waals surface area contributed by atoms with Crippen LogP contribution < -0.4 is 14.9 Å². The van der Waals surface area contributed by atoms with Crippen molar-refractivity contribution in [3.05, 3.63) is 94.1 Å². The summed E-state index contributed by atoms with van der Waals surface area (Å²) >= 11 is 4.76. The van der Waals surface area contributed by atoms with Gasteiger partial charge in [0.2, 0.25) is 0 Å². The number of benzene rings is 2. The number of fused-ring (bicyclic) bond motifs is 1. The molecule has 6 nitrogen and oxygen atoms in total. The Balaban J connectivity index is 1.99. The first-order chi connectivity index (χ1) is 18.1. The number of aromatic nitrogens is 1. The van der Waals surface area contributed by atoms with Gasteiger partial charge in [0.05, 0.1) is 28.5 Å². The monoisotopic (exact) mass is 610 g/mol. The smallest absolute Gasteiger partial charge is 0.338 e. The summed E-state index contributed by atoms with van der Waals surface area (Å²) in [5.41, 5.74) is 3.32. The third-order valence-electron chi connectivity index (χ3n) is 6.75. The molecule has 0 fully saturated rings. The number of carbonyl (C=O) groups is 1. The van der Waals surface area contributed by atoms with E-state index in [1.54, 1.807) is 18.4 Å². The number of hydrogen-bond donors (Lipinski definition) is 1. The lowest BCUT2D eigenvalue weighted by molar-refractivity contribution is -0.139. The quantitative estimate of drug-likeness (QED) is 0.375. The van der Waals surface area contributed by atoms with Gasteiger partial charge in [-0.3, -0.25) is 9.36 Å². The largest absolute Gasteiger partial charge is 0.507 e. The van der Waals surface area contributed by atoms with Gasteiger partial charge in [-0.1, -0.05) is 80.9 Å². The Bertz CT molecular complexity index is 1610. The molecule has 0 radical (unpaired) electrons. The molecule has 0 saturated heterocycles. The van der Waals surface area contributed by atoms with Crippen molar-refractivity contribution in [3.8, 4) is 5.75 Å². The molecule has 1 N–H and O–H groups in total. The van der Waals surface area contributed by atoms with Gasteiger partial charge in [-0.05, 0) is 66.1 Å². The molecule has 1 aliphatic rings. The topological polar surface area (TPSA) is 80.9 Å². The van der Waals surface area contributed by atoms with Gasteiger partial charge in [0.15, 0.2) is 4.80 Å². The Labute approximate surface area is 241 Å².